The minimum Gasteiger partial charge on any atom is -0.457 e. The second-order valence-electron chi connectivity index (χ2n) is 12.7. The van der Waals surface area contributed by atoms with E-state index in [0.29, 0.717) is 0 Å². The number of esters is 1. The van der Waals surface area contributed by atoms with Gasteiger partial charge in [0.05, 0.1) is 12.4 Å². The van der Waals surface area contributed by atoms with Crippen LogP contribution in [0.1, 0.15) is 50.6 Å². The first kappa shape index (κ1) is 31.4. The van der Waals surface area contributed by atoms with E-state index in [1.807, 2.05) is 0 Å². The molecule has 0 aliphatic heterocycles. The molecule has 1 aromatic rings. The quantitative estimate of drug-likeness (QED) is 0.356. The van der Waals surface area contributed by atoms with Crippen LogP contribution in [0.4, 0.5) is 13.6 Å². The van der Waals surface area contributed by atoms with Gasteiger partial charge in [-0.2, -0.15) is 0 Å². The number of ether oxygens (including phenoxy) is 2. The lowest BCUT2D eigenvalue weighted by molar-refractivity contribution is -0.221. The molecular weight excluding hydrogens is 584 g/mol. The molecule has 0 radical (unpaired) electrons. The van der Waals surface area contributed by atoms with Crippen molar-refractivity contribution >= 4 is 34.7 Å². The van der Waals surface area contributed by atoms with Gasteiger partial charge in [-0.05, 0) is 62.0 Å². The van der Waals surface area contributed by atoms with Gasteiger partial charge in [0.1, 0.15) is 12.8 Å². The zero-order chi connectivity index (χ0) is 31.5. The second-order valence-corrected chi connectivity index (χ2v) is 13.8. The zero-order valence-corrected chi connectivity index (χ0v) is 25.6. The molecule has 0 saturated heterocycles. The van der Waals surface area contributed by atoms with Gasteiger partial charge in [0, 0.05) is 42.5 Å². The van der Waals surface area contributed by atoms with E-state index >= 15 is 8.78 Å². The largest absolute Gasteiger partial charge is 0.457 e. The van der Waals surface area contributed by atoms with Crippen LogP contribution < -0.4 is 0 Å². The Hall–Kier alpha value is -2.99. The van der Waals surface area contributed by atoms with Gasteiger partial charge in [-0.15, -0.1) is 0 Å². The fourth-order valence-corrected chi connectivity index (χ4v) is 9.35. The van der Waals surface area contributed by atoms with Crippen LogP contribution in [0, 0.1) is 28.6 Å². The maximum Gasteiger partial charge on any atom is 0.409 e. The fourth-order valence-electron chi connectivity index (χ4n) is 8.31. The Morgan fingerprint density at radius 3 is 2.58 bits per heavy atom. The molecule has 0 aromatic carbocycles. The summed E-state index contributed by atoms with van der Waals surface area (Å²) in [4.78, 5) is 52.9. The number of hydrogen-bond acceptors (Lipinski definition) is 9. The molecule has 43 heavy (non-hydrogen) atoms. The Morgan fingerprint density at radius 1 is 1.21 bits per heavy atom. The van der Waals surface area contributed by atoms with Crippen molar-refractivity contribution in [2.24, 2.45) is 28.6 Å². The molecule has 3 fully saturated rings. The van der Waals surface area contributed by atoms with E-state index in [4.69, 9.17) is 13.9 Å². The van der Waals surface area contributed by atoms with Crippen LogP contribution in [0.3, 0.4) is 0 Å². The van der Waals surface area contributed by atoms with Gasteiger partial charge in [0.15, 0.2) is 17.1 Å². The number of halogens is 2. The predicted octanol–water partition coefficient (Wildman–Crippen LogP) is 4.70. The van der Waals surface area contributed by atoms with Crippen molar-refractivity contribution in [1.29, 1.82) is 0 Å². The first-order valence-electron chi connectivity index (χ1n) is 14.4. The normalized spacial score (nSPS) is 39.7. The number of fused-ring (bicyclic) bond motifs is 5. The first-order chi connectivity index (χ1) is 20.1. The highest BCUT2D eigenvalue weighted by atomic mass is 32.2. The SMILES string of the molecule is C[C@@H]1CC2C3C[C@H](F)C4=CC(=O)C=C[C@]4(C)[C@@]3(F)[C@@H](O)C[C@]2(C)[C@@]1(OC(=O)c1ccco1)C(=O)SCCOC(=O)N(C)C. The number of allylic oxidation sites excluding steroid dienone is 4. The van der Waals surface area contributed by atoms with Gasteiger partial charge in [0.2, 0.25) is 10.9 Å². The standard InChI is InChI=1S/C31H37F2NO8S/c1-17-13-19-20-15-22(32)21-14-18(35)8-9-28(21,2)30(20,33)24(36)16-29(19,3)31(17,42-25(37)23-7-6-10-40-23)26(38)43-12-11-41-27(39)34(4)5/h6-10,14,17,19-20,22,24,36H,11-13,15-16H2,1-5H3/t17-,19?,20?,22+,24+,28+,29+,30+,31+/m1/s1. The summed E-state index contributed by atoms with van der Waals surface area (Å²) in [5.41, 5.74) is -7.08. The third-order valence-corrected chi connectivity index (χ3v) is 11.3. The lowest BCUT2D eigenvalue weighted by Crippen LogP contribution is -2.70. The number of rotatable bonds is 6. The fraction of sp³-hybridized carbons (Fsp3) is 0.613. The molecule has 1 amide bonds. The summed E-state index contributed by atoms with van der Waals surface area (Å²) in [5.74, 6) is -3.77. The highest BCUT2D eigenvalue weighted by molar-refractivity contribution is 8.13. The molecule has 0 spiro atoms. The molecule has 5 rings (SSSR count). The van der Waals surface area contributed by atoms with Gasteiger partial charge in [0.25, 0.3) is 0 Å². The van der Waals surface area contributed by atoms with E-state index in [0.717, 1.165) is 17.8 Å². The maximum atomic E-state index is 17.6. The third kappa shape index (κ3) is 4.50. The van der Waals surface area contributed by atoms with E-state index < -0.39 is 75.1 Å². The van der Waals surface area contributed by atoms with Gasteiger partial charge >= 0.3 is 12.1 Å². The Morgan fingerprint density at radius 2 is 1.93 bits per heavy atom. The Labute approximate surface area is 253 Å². The Kier molecular flexibility index (Phi) is 7.95. The Bertz CT molecular complexity index is 1380. The van der Waals surface area contributed by atoms with Crippen molar-refractivity contribution in [3.63, 3.8) is 0 Å². The second kappa shape index (κ2) is 10.9. The highest BCUT2D eigenvalue weighted by Crippen LogP contribution is 2.72. The topological polar surface area (TPSA) is 123 Å². The Balaban J connectivity index is 1.54. The van der Waals surface area contributed by atoms with Gasteiger partial charge in [-0.1, -0.05) is 31.7 Å². The molecule has 9 nitrogen and oxygen atoms in total. The number of furan rings is 1. The molecule has 1 heterocycles. The summed E-state index contributed by atoms with van der Waals surface area (Å²) in [5, 5.41) is 11.2. The summed E-state index contributed by atoms with van der Waals surface area (Å²) in [6, 6.07) is 2.90. The number of aliphatic hydroxyl groups excluding tert-OH is 1. The maximum absolute atomic E-state index is 17.6. The number of ketones is 1. The van der Waals surface area contributed by atoms with Crippen molar-refractivity contribution in [3.8, 4) is 0 Å². The monoisotopic (exact) mass is 621 g/mol. The summed E-state index contributed by atoms with van der Waals surface area (Å²) < 4.78 is 50.0. The molecule has 2 unspecified atom stereocenters. The van der Waals surface area contributed by atoms with E-state index in [9.17, 15) is 24.3 Å². The molecule has 9 atom stereocenters. The summed E-state index contributed by atoms with van der Waals surface area (Å²) in [6.07, 6.45) is 0.734. The number of carbonyl (C=O) groups is 4. The van der Waals surface area contributed by atoms with E-state index in [1.165, 1.54) is 56.5 Å². The summed E-state index contributed by atoms with van der Waals surface area (Å²) in [7, 11) is 3.05. The van der Waals surface area contributed by atoms with Gasteiger partial charge < -0.3 is 23.9 Å². The number of thioether (sulfide) groups is 1. The predicted molar refractivity (Wildman–Crippen MR) is 153 cm³/mol. The number of hydrogen-bond donors (Lipinski definition) is 1. The molecule has 4 aliphatic carbocycles. The smallest absolute Gasteiger partial charge is 0.409 e. The number of carbonyl (C=O) groups excluding carboxylic acids is 4. The van der Waals surface area contributed by atoms with Crippen LogP contribution >= 0.6 is 11.8 Å². The molecular formula is C31H37F2NO8S. The molecule has 1 N–H and O–H groups in total. The molecule has 4 aliphatic rings. The highest BCUT2D eigenvalue weighted by Gasteiger charge is 2.78. The van der Waals surface area contributed by atoms with Crippen LogP contribution in [0.15, 0.2) is 46.6 Å². The number of alkyl halides is 2. The molecule has 0 bridgehead atoms. The molecule has 12 heteroatoms. The first-order valence-corrected chi connectivity index (χ1v) is 15.4. The van der Waals surface area contributed by atoms with Crippen molar-refractivity contribution < 1.29 is 47.0 Å². The lowest BCUT2D eigenvalue weighted by atomic mass is 9.44. The van der Waals surface area contributed by atoms with Crippen LogP contribution in [0.25, 0.3) is 0 Å². The zero-order valence-electron chi connectivity index (χ0n) is 24.8. The number of amides is 1. The van der Waals surface area contributed by atoms with Crippen LogP contribution in [0.2, 0.25) is 0 Å². The van der Waals surface area contributed by atoms with Gasteiger partial charge in [-0.25, -0.2) is 18.4 Å². The lowest BCUT2D eigenvalue weighted by Gasteiger charge is -2.63. The molecule has 3 saturated carbocycles. The summed E-state index contributed by atoms with van der Waals surface area (Å²) in [6.45, 7) is 4.85. The van der Waals surface area contributed by atoms with E-state index in [2.05, 4.69) is 0 Å². The van der Waals surface area contributed by atoms with Crippen LogP contribution in [0.5, 0.6) is 0 Å². The van der Waals surface area contributed by atoms with Crippen molar-refractivity contribution in [3.05, 3.63) is 48.0 Å². The molecule has 1 aromatic heterocycles. The average molecular weight is 622 g/mol. The summed E-state index contributed by atoms with van der Waals surface area (Å²) >= 11 is 0.822. The number of nitrogens with zero attached hydrogens (tertiary/aromatic N) is 1. The van der Waals surface area contributed by atoms with Crippen LogP contribution in [-0.4, -0.2) is 83.0 Å². The molecule has 234 valence electrons. The number of aliphatic hydroxyl groups is 1. The van der Waals surface area contributed by atoms with Crippen LogP contribution in [-0.2, 0) is 19.1 Å². The van der Waals surface area contributed by atoms with Gasteiger partial charge in [-0.3, -0.25) is 9.59 Å². The minimum absolute atomic E-state index is 0.00172. The van der Waals surface area contributed by atoms with E-state index in [1.54, 1.807) is 13.8 Å². The van der Waals surface area contributed by atoms with Crippen molar-refractivity contribution in [2.75, 3.05) is 26.5 Å². The van der Waals surface area contributed by atoms with Crippen molar-refractivity contribution in [2.45, 2.75) is 63.6 Å². The van der Waals surface area contributed by atoms with Crippen molar-refractivity contribution in [1.82, 2.24) is 4.90 Å². The van der Waals surface area contributed by atoms with E-state index in [-0.39, 0.29) is 43.0 Å². The minimum atomic E-state index is -2.35. The third-order valence-electron chi connectivity index (χ3n) is 10.4. The average Bonchev–Trinajstić information content (AvgIpc) is 3.56.